The van der Waals surface area contributed by atoms with Gasteiger partial charge in [-0.25, -0.2) is 14.8 Å². The Kier molecular flexibility index (Phi) is 7.22. The van der Waals surface area contributed by atoms with Crippen LogP contribution in [0.25, 0.3) is 0 Å². The van der Waals surface area contributed by atoms with Crippen molar-refractivity contribution in [3.8, 4) is 11.8 Å². The molecule has 0 bridgehead atoms. The molecule has 0 N–H and O–H groups in total. The molecule has 1 spiro atoms. The van der Waals surface area contributed by atoms with Crippen LogP contribution in [0.2, 0.25) is 0 Å². The summed E-state index contributed by atoms with van der Waals surface area (Å²) in [4.78, 5) is 27.3. The number of anilines is 2. The molecule has 5 rings (SSSR count). The minimum absolute atomic E-state index is 0.276. The molecule has 0 aliphatic carbocycles. The van der Waals surface area contributed by atoms with Gasteiger partial charge in [0.2, 0.25) is 0 Å². The lowest BCUT2D eigenvalue weighted by Crippen LogP contribution is -2.47. The molecular formula is C26H35N5O4. The molecule has 0 saturated carbocycles. The molecule has 3 aliphatic heterocycles. The van der Waals surface area contributed by atoms with E-state index in [9.17, 15) is 4.79 Å². The van der Waals surface area contributed by atoms with Gasteiger partial charge in [-0.15, -0.1) is 0 Å². The van der Waals surface area contributed by atoms with Gasteiger partial charge in [-0.05, 0) is 56.6 Å². The first-order chi connectivity index (χ1) is 17.1. The van der Waals surface area contributed by atoms with E-state index >= 15 is 0 Å². The monoisotopic (exact) mass is 481 g/mol. The Morgan fingerprint density at radius 2 is 1.69 bits per heavy atom. The van der Waals surface area contributed by atoms with Gasteiger partial charge in [0.15, 0.2) is 0 Å². The molecule has 35 heavy (non-hydrogen) atoms. The van der Waals surface area contributed by atoms with Gasteiger partial charge in [0, 0.05) is 38.2 Å². The predicted molar refractivity (Wildman–Crippen MR) is 133 cm³/mol. The Morgan fingerprint density at radius 1 is 0.971 bits per heavy atom. The quantitative estimate of drug-likeness (QED) is 0.528. The van der Waals surface area contributed by atoms with Crippen LogP contribution in [0.4, 0.5) is 16.2 Å². The van der Waals surface area contributed by atoms with Crippen LogP contribution in [0.5, 0.6) is 11.8 Å². The van der Waals surface area contributed by atoms with Crippen molar-refractivity contribution in [2.24, 2.45) is 0 Å². The number of piperidine rings is 2. The highest BCUT2D eigenvalue weighted by Crippen LogP contribution is 2.37. The number of hydrogen-bond donors (Lipinski definition) is 0. The second-order valence-electron chi connectivity index (χ2n) is 9.65. The maximum absolute atomic E-state index is 12.6. The van der Waals surface area contributed by atoms with E-state index in [0.29, 0.717) is 12.2 Å². The molecular weight excluding hydrogens is 446 g/mol. The van der Waals surface area contributed by atoms with E-state index in [2.05, 4.69) is 44.0 Å². The van der Waals surface area contributed by atoms with Crippen LogP contribution in [0.3, 0.4) is 0 Å². The van der Waals surface area contributed by atoms with Gasteiger partial charge >= 0.3 is 12.1 Å². The topological polar surface area (TPSA) is 80.3 Å². The first-order valence-electron chi connectivity index (χ1n) is 12.7. The number of hydrogen-bond acceptors (Lipinski definition) is 8. The Hall–Kier alpha value is -3.07. The third-order valence-electron chi connectivity index (χ3n) is 7.29. The molecule has 9 heteroatoms. The highest BCUT2D eigenvalue weighted by atomic mass is 16.6. The highest BCUT2D eigenvalue weighted by molar-refractivity contribution is 5.90. The van der Waals surface area contributed by atoms with Gasteiger partial charge in [0.05, 0.1) is 38.3 Å². The molecule has 4 heterocycles. The predicted octanol–water partition coefficient (Wildman–Crippen LogP) is 3.74. The number of amides is 1. The summed E-state index contributed by atoms with van der Waals surface area (Å²) in [6, 6.07) is 8.64. The van der Waals surface area contributed by atoms with Crippen molar-refractivity contribution in [2.45, 2.75) is 44.1 Å². The van der Waals surface area contributed by atoms with Gasteiger partial charge in [-0.2, -0.15) is 0 Å². The van der Waals surface area contributed by atoms with Crippen molar-refractivity contribution in [3.63, 3.8) is 0 Å². The molecule has 0 unspecified atom stereocenters. The number of likely N-dealkylation sites (tertiary alicyclic amines) is 1. The van der Waals surface area contributed by atoms with Crippen molar-refractivity contribution in [3.05, 3.63) is 36.7 Å². The zero-order valence-electron chi connectivity index (χ0n) is 20.5. The maximum atomic E-state index is 12.6. The first-order valence-corrected chi connectivity index (χ1v) is 12.7. The second kappa shape index (κ2) is 10.7. The fourth-order valence-electron chi connectivity index (χ4n) is 5.22. The van der Waals surface area contributed by atoms with Crippen molar-refractivity contribution in [2.75, 3.05) is 62.8 Å². The normalized spacial score (nSPS) is 20.2. The SMILES string of the molecule is COc1ncc(N2CC3(CCN(c4ccc(OCCCN5CCCCC5)cc4)CC3)OC2=O)cn1. The van der Waals surface area contributed by atoms with Crippen LogP contribution < -0.4 is 19.3 Å². The third kappa shape index (κ3) is 5.61. The van der Waals surface area contributed by atoms with Crippen LogP contribution in [0, 0.1) is 0 Å². The molecule has 0 radical (unpaired) electrons. The van der Waals surface area contributed by atoms with E-state index in [1.165, 1.54) is 45.1 Å². The number of methoxy groups -OCH3 is 1. The zero-order chi connectivity index (χ0) is 24.1. The fraction of sp³-hybridized carbons (Fsp3) is 0.577. The summed E-state index contributed by atoms with van der Waals surface area (Å²) in [6.07, 6.45) is 9.51. The molecule has 3 fully saturated rings. The Labute approximate surface area is 207 Å². The standard InChI is InChI=1S/C26H35N5O4/c1-33-24-27-18-22(19-28-24)31-20-26(35-25(31)32)10-15-30(16-11-26)21-6-8-23(9-7-21)34-17-5-14-29-12-3-2-4-13-29/h6-9,18-19H,2-5,10-17,20H2,1H3. The third-order valence-corrected chi connectivity index (χ3v) is 7.29. The minimum Gasteiger partial charge on any atom is -0.494 e. The summed E-state index contributed by atoms with van der Waals surface area (Å²) in [7, 11) is 1.51. The Balaban J connectivity index is 1.09. The van der Waals surface area contributed by atoms with Gasteiger partial charge < -0.3 is 24.0 Å². The lowest BCUT2D eigenvalue weighted by atomic mass is 9.91. The molecule has 2 aromatic rings. The molecule has 1 amide bonds. The lowest BCUT2D eigenvalue weighted by molar-refractivity contribution is 0.0367. The summed E-state index contributed by atoms with van der Waals surface area (Å²) in [5, 5.41) is 0. The number of carbonyl (C=O) groups is 1. The van der Waals surface area contributed by atoms with Gasteiger partial charge in [-0.1, -0.05) is 6.42 Å². The summed E-state index contributed by atoms with van der Waals surface area (Å²) in [6.45, 7) is 6.52. The molecule has 9 nitrogen and oxygen atoms in total. The van der Waals surface area contributed by atoms with Gasteiger partial charge in [-0.3, -0.25) is 4.90 Å². The lowest BCUT2D eigenvalue weighted by Gasteiger charge is -2.38. The maximum Gasteiger partial charge on any atom is 0.415 e. The highest BCUT2D eigenvalue weighted by Gasteiger charge is 2.47. The smallest absolute Gasteiger partial charge is 0.415 e. The summed E-state index contributed by atoms with van der Waals surface area (Å²) < 4.78 is 16.8. The van der Waals surface area contributed by atoms with Crippen molar-refractivity contribution in [1.29, 1.82) is 0 Å². The van der Waals surface area contributed by atoms with Crippen molar-refractivity contribution >= 4 is 17.5 Å². The molecule has 1 aromatic carbocycles. The molecule has 0 atom stereocenters. The van der Waals surface area contributed by atoms with Crippen LogP contribution >= 0.6 is 0 Å². The molecule has 3 aliphatic rings. The molecule has 3 saturated heterocycles. The van der Waals surface area contributed by atoms with Crippen molar-refractivity contribution < 1.29 is 19.0 Å². The number of carbonyl (C=O) groups excluding carboxylic acids is 1. The van der Waals surface area contributed by atoms with Crippen LogP contribution in [-0.2, 0) is 4.74 Å². The number of benzene rings is 1. The summed E-state index contributed by atoms with van der Waals surface area (Å²) in [5.74, 6) is 0.919. The minimum atomic E-state index is -0.467. The van der Waals surface area contributed by atoms with E-state index in [4.69, 9.17) is 14.2 Å². The average molecular weight is 482 g/mol. The number of ether oxygens (including phenoxy) is 3. The van der Waals surface area contributed by atoms with E-state index in [-0.39, 0.29) is 12.1 Å². The largest absolute Gasteiger partial charge is 0.494 e. The Bertz CT molecular complexity index is 970. The number of nitrogens with zero attached hydrogens (tertiary/aromatic N) is 5. The second-order valence-corrected chi connectivity index (χ2v) is 9.65. The van der Waals surface area contributed by atoms with Crippen molar-refractivity contribution in [1.82, 2.24) is 14.9 Å². The van der Waals surface area contributed by atoms with E-state index < -0.39 is 5.60 Å². The Morgan fingerprint density at radius 3 is 2.37 bits per heavy atom. The van der Waals surface area contributed by atoms with Crippen LogP contribution in [0.1, 0.15) is 38.5 Å². The van der Waals surface area contributed by atoms with Crippen LogP contribution in [-0.4, -0.2) is 79.5 Å². The first kappa shape index (κ1) is 23.7. The van der Waals surface area contributed by atoms with E-state index in [0.717, 1.165) is 51.3 Å². The zero-order valence-corrected chi connectivity index (χ0v) is 20.5. The molecule has 188 valence electrons. The van der Waals surface area contributed by atoms with Gasteiger partial charge in [0.1, 0.15) is 11.4 Å². The summed E-state index contributed by atoms with van der Waals surface area (Å²) in [5.41, 5.74) is 1.33. The van der Waals surface area contributed by atoms with E-state index in [1.54, 1.807) is 17.3 Å². The van der Waals surface area contributed by atoms with Crippen LogP contribution in [0.15, 0.2) is 36.7 Å². The fourth-order valence-corrected chi connectivity index (χ4v) is 5.22. The van der Waals surface area contributed by atoms with Gasteiger partial charge in [0.25, 0.3) is 0 Å². The van der Waals surface area contributed by atoms with E-state index in [1.807, 2.05) is 0 Å². The summed E-state index contributed by atoms with van der Waals surface area (Å²) >= 11 is 0. The molecule has 1 aromatic heterocycles. The number of rotatable bonds is 8. The average Bonchev–Trinajstić information content (AvgIpc) is 3.23. The number of aromatic nitrogens is 2.